The van der Waals surface area contributed by atoms with Crippen LogP contribution in [0.3, 0.4) is 0 Å². The number of hydrogen-bond acceptors (Lipinski definition) is 5. The van der Waals surface area contributed by atoms with Crippen LogP contribution in [0.1, 0.15) is 36.4 Å². The molecule has 0 aliphatic rings. The molecular weight excluding hydrogens is 320 g/mol. The summed E-state index contributed by atoms with van der Waals surface area (Å²) in [6.45, 7) is 9.16. The third-order valence-electron chi connectivity index (χ3n) is 3.84. The Bertz CT molecular complexity index is 835. The molecule has 1 aromatic carbocycles. The molecule has 6 nitrogen and oxygen atoms in total. The zero-order chi connectivity index (χ0) is 17.1. The van der Waals surface area contributed by atoms with Crippen molar-refractivity contribution in [1.82, 2.24) is 29.5 Å². The smallest absolute Gasteiger partial charge is 0.196 e. The Balaban J connectivity index is 1.85. The van der Waals surface area contributed by atoms with Crippen LogP contribution in [0.4, 0.5) is 0 Å². The van der Waals surface area contributed by atoms with Crippen LogP contribution < -0.4 is 0 Å². The first-order valence-corrected chi connectivity index (χ1v) is 9.09. The van der Waals surface area contributed by atoms with Crippen LogP contribution in [-0.2, 0) is 12.3 Å². The van der Waals surface area contributed by atoms with Crippen LogP contribution in [0.5, 0.6) is 0 Å². The van der Waals surface area contributed by atoms with E-state index in [0.717, 1.165) is 47.0 Å². The molecule has 0 unspecified atom stereocenters. The Morgan fingerprint density at radius 3 is 2.54 bits per heavy atom. The molecule has 3 rings (SSSR count). The van der Waals surface area contributed by atoms with Gasteiger partial charge in [-0.05, 0) is 44.9 Å². The molecule has 0 aliphatic carbocycles. The third kappa shape index (κ3) is 3.36. The van der Waals surface area contributed by atoms with Crippen molar-refractivity contribution in [3.05, 3.63) is 47.3 Å². The minimum absolute atomic E-state index is 0.727. The van der Waals surface area contributed by atoms with Gasteiger partial charge in [0.15, 0.2) is 5.16 Å². The summed E-state index contributed by atoms with van der Waals surface area (Å²) in [5.41, 5.74) is 2.31. The van der Waals surface area contributed by atoms with Crippen molar-refractivity contribution in [3.63, 3.8) is 0 Å². The van der Waals surface area contributed by atoms with Gasteiger partial charge in [0.05, 0.1) is 5.75 Å². The molecule has 0 spiro atoms. The molecule has 24 heavy (non-hydrogen) atoms. The number of benzene rings is 1. The average Bonchev–Trinajstić information content (AvgIpc) is 3.09. The molecule has 2 aromatic heterocycles. The normalized spacial score (nSPS) is 11.2. The molecule has 0 amide bonds. The van der Waals surface area contributed by atoms with E-state index in [1.54, 1.807) is 11.8 Å². The monoisotopic (exact) mass is 342 g/mol. The fraction of sp³-hybridized carbons (Fsp3) is 0.412. The summed E-state index contributed by atoms with van der Waals surface area (Å²) in [5.74, 6) is 3.55. The summed E-state index contributed by atoms with van der Waals surface area (Å²) in [6, 6.07) is 8.37. The molecule has 0 bridgehead atoms. The second-order valence-corrected chi connectivity index (χ2v) is 6.75. The second kappa shape index (κ2) is 7.17. The van der Waals surface area contributed by atoms with Gasteiger partial charge >= 0.3 is 0 Å². The second-order valence-electron chi connectivity index (χ2n) is 5.81. The van der Waals surface area contributed by atoms with Gasteiger partial charge in [0, 0.05) is 12.2 Å². The van der Waals surface area contributed by atoms with E-state index in [2.05, 4.69) is 67.6 Å². The molecular formula is C17H22N6S. The van der Waals surface area contributed by atoms with E-state index in [0.29, 0.717) is 0 Å². The fourth-order valence-corrected chi connectivity index (χ4v) is 3.61. The number of aryl methyl sites for hydroxylation is 3. The van der Waals surface area contributed by atoms with Gasteiger partial charge in [0.2, 0.25) is 0 Å². The Kier molecular flexibility index (Phi) is 4.99. The van der Waals surface area contributed by atoms with Crippen LogP contribution in [0.2, 0.25) is 0 Å². The molecule has 7 heteroatoms. The van der Waals surface area contributed by atoms with E-state index in [1.807, 2.05) is 13.8 Å². The number of nitrogens with zero attached hydrogens (tertiary/aromatic N) is 6. The highest BCUT2D eigenvalue weighted by molar-refractivity contribution is 7.98. The number of thioether (sulfide) groups is 1. The maximum absolute atomic E-state index is 4.34. The predicted molar refractivity (Wildman–Crippen MR) is 95.4 cm³/mol. The van der Waals surface area contributed by atoms with Gasteiger partial charge in [-0.15, -0.1) is 20.4 Å². The predicted octanol–water partition coefficient (Wildman–Crippen LogP) is 3.49. The standard InChI is InChI=1S/C17H22N6S/c1-5-9-22-13(3)18-20-16(22)11-24-17-21-19-14(4)23(17)15-8-6-7-12(2)10-15/h6-8,10H,5,9,11H2,1-4H3. The first-order valence-electron chi connectivity index (χ1n) is 8.10. The number of rotatable bonds is 6. The highest BCUT2D eigenvalue weighted by Gasteiger charge is 2.14. The maximum Gasteiger partial charge on any atom is 0.196 e. The van der Waals surface area contributed by atoms with Gasteiger partial charge in [-0.3, -0.25) is 4.57 Å². The Hall–Kier alpha value is -2.15. The van der Waals surface area contributed by atoms with Gasteiger partial charge in [0.25, 0.3) is 0 Å². The molecule has 2 heterocycles. The minimum atomic E-state index is 0.727. The molecule has 0 saturated heterocycles. The van der Waals surface area contributed by atoms with Gasteiger partial charge in [-0.25, -0.2) is 0 Å². The first-order chi connectivity index (χ1) is 11.6. The van der Waals surface area contributed by atoms with Crippen LogP contribution in [0.25, 0.3) is 5.69 Å². The van der Waals surface area contributed by atoms with Gasteiger partial charge in [-0.2, -0.15) is 0 Å². The molecule has 0 fully saturated rings. The van der Waals surface area contributed by atoms with E-state index < -0.39 is 0 Å². The largest absolute Gasteiger partial charge is 0.315 e. The van der Waals surface area contributed by atoms with Crippen molar-refractivity contribution >= 4 is 11.8 Å². The van der Waals surface area contributed by atoms with Crippen LogP contribution in [-0.4, -0.2) is 29.5 Å². The quantitative estimate of drug-likeness (QED) is 0.642. The fourth-order valence-electron chi connectivity index (χ4n) is 2.68. The lowest BCUT2D eigenvalue weighted by molar-refractivity contribution is 0.636. The first kappa shape index (κ1) is 16.7. The highest BCUT2D eigenvalue weighted by Crippen LogP contribution is 2.25. The van der Waals surface area contributed by atoms with E-state index in [1.165, 1.54) is 5.56 Å². The zero-order valence-electron chi connectivity index (χ0n) is 14.5. The number of hydrogen-bond donors (Lipinski definition) is 0. The van der Waals surface area contributed by atoms with Gasteiger partial charge in [0.1, 0.15) is 17.5 Å². The lowest BCUT2D eigenvalue weighted by Crippen LogP contribution is -2.05. The highest BCUT2D eigenvalue weighted by atomic mass is 32.2. The molecule has 0 aliphatic heterocycles. The van der Waals surface area contributed by atoms with Crippen molar-refractivity contribution in [1.29, 1.82) is 0 Å². The Labute approximate surface area is 146 Å². The van der Waals surface area contributed by atoms with E-state index in [9.17, 15) is 0 Å². The zero-order valence-corrected chi connectivity index (χ0v) is 15.3. The van der Waals surface area contributed by atoms with E-state index >= 15 is 0 Å². The summed E-state index contributed by atoms with van der Waals surface area (Å²) in [7, 11) is 0. The topological polar surface area (TPSA) is 61.4 Å². The van der Waals surface area contributed by atoms with Crippen molar-refractivity contribution in [3.8, 4) is 5.69 Å². The van der Waals surface area contributed by atoms with E-state index in [-0.39, 0.29) is 0 Å². The van der Waals surface area contributed by atoms with Crippen LogP contribution >= 0.6 is 11.8 Å². The van der Waals surface area contributed by atoms with Crippen molar-refractivity contribution in [2.24, 2.45) is 0 Å². The van der Waals surface area contributed by atoms with Gasteiger partial charge < -0.3 is 4.57 Å². The summed E-state index contributed by atoms with van der Waals surface area (Å²) in [6.07, 6.45) is 1.06. The van der Waals surface area contributed by atoms with Crippen LogP contribution in [0.15, 0.2) is 29.4 Å². The molecule has 0 radical (unpaired) electrons. The average molecular weight is 342 g/mol. The SMILES string of the molecule is CCCn1c(C)nnc1CSc1nnc(C)n1-c1cccc(C)c1. The third-order valence-corrected chi connectivity index (χ3v) is 4.77. The summed E-state index contributed by atoms with van der Waals surface area (Å²) in [4.78, 5) is 0. The number of aromatic nitrogens is 6. The molecule has 126 valence electrons. The molecule has 0 saturated carbocycles. The summed E-state index contributed by atoms with van der Waals surface area (Å²) in [5, 5.41) is 18.0. The minimum Gasteiger partial charge on any atom is -0.315 e. The summed E-state index contributed by atoms with van der Waals surface area (Å²) < 4.78 is 4.26. The lowest BCUT2D eigenvalue weighted by atomic mass is 10.2. The Morgan fingerprint density at radius 1 is 1.00 bits per heavy atom. The van der Waals surface area contributed by atoms with Crippen molar-refractivity contribution < 1.29 is 0 Å². The van der Waals surface area contributed by atoms with Crippen molar-refractivity contribution in [2.45, 2.75) is 51.6 Å². The van der Waals surface area contributed by atoms with Gasteiger partial charge in [-0.1, -0.05) is 30.8 Å². The van der Waals surface area contributed by atoms with Crippen LogP contribution in [0, 0.1) is 20.8 Å². The maximum atomic E-state index is 4.34. The van der Waals surface area contributed by atoms with E-state index in [4.69, 9.17) is 0 Å². The summed E-state index contributed by atoms with van der Waals surface area (Å²) >= 11 is 1.64. The Morgan fingerprint density at radius 2 is 1.79 bits per heavy atom. The molecule has 0 atom stereocenters. The molecule has 0 N–H and O–H groups in total. The molecule has 3 aromatic rings. The lowest BCUT2D eigenvalue weighted by Gasteiger charge is -2.10. The van der Waals surface area contributed by atoms with Crippen molar-refractivity contribution in [2.75, 3.05) is 0 Å².